The normalized spacial score (nSPS) is 10.7. The van der Waals surface area contributed by atoms with Crippen molar-refractivity contribution in [3.05, 3.63) is 57.8 Å². The first-order valence-electron chi connectivity index (χ1n) is 6.18. The molecular weight excluding hydrogens is 402 g/mol. The minimum absolute atomic E-state index is 0.188. The summed E-state index contributed by atoms with van der Waals surface area (Å²) in [4.78, 5) is 20.1. The maximum atomic E-state index is 14.0. The van der Waals surface area contributed by atoms with Gasteiger partial charge in [0.15, 0.2) is 0 Å². The Labute approximate surface area is 138 Å². The third-order valence-electron chi connectivity index (χ3n) is 3.09. The maximum absolute atomic E-state index is 14.0. The lowest BCUT2D eigenvalue weighted by atomic mass is 10.2. The fraction of sp³-hybridized carbons (Fsp3) is 0. The van der Waals surface area contributed by atoms with Gasteiger partial charge in [-0.3, -0.25) is 4.40 Å². The van der Waals surface area contributed by atoms with Crippen molar-refractivity contribution < 1.29 is 14.0 Å². The van der Waals surface area contributed by atoms with Crippen molar-refractivity contribution in [1.82, 2.24) is 9.38 Å². The Balaban J connectivity index is 2.14. The number of aromatic nitrogens is 2. The Morgan fingerprint density at radius 2 is 2.18 bits per heavy atom. The number of anilines is 2. The van der Waals surface area contributed by atoms with E-state index in [2.05, 4.69) is 15.1 Å². The van der Waals surface area contributed by atoms with Crippen LogP contribution in [0.1, 0.15) is 10.4 Å². The lowest BCUT2D eigenvalue weighted by Gasteiger charge is -2.10. The van der Waals surface area contributed by atoms with Gasteiger partial charge in [-0.2, -0.15) is 5.90 Å². The van der Waals surface area contributed by atoms with Crippen LogP contribution in [0.3, 0.4) is 0 Å². The smallest absolute Gasteiger partial charge is 0.360 e. The average molecular weight is 412 g/mol. The summed E-state index contributed by atoms with van der Waals surface area (Å²) in [6.45, 7) is 0. The number of nitrogens with zero attached hydrogens (tertiary/aromatic N) is 2. The Morgan fingerprint density at radius 3 is 2.91 bits per heavy atom. The fourth-order valence-electron chi connectivity index (χ4n) is 2.09. The molecule has 22 heavy (non-hydrogen) atoms. The molecule has 3 N–H and O–H groups in total. The standard InChI is InChI=1S/C14H10FIN4O2/c15-11-5-8(16)1-2-12(11)19-13-10(14(21)22-17)6-9-3-4-18-7-20(9)13/h1-7,19H,17H2. The van der Waals surface area contributed by atoms with Crippen molar-refractivity contribution in [3.8, 4) is 0 Å². The third-order valence-corrected chi connectivity index (χ3v) is 3.76. The Hall–Kier alpha value is -2.20. The van der Waals surface area contributed by atoms with Crippen molar-refractivity contribution in [2.75, 3.05) is 5.32 Å². The number of benzene rings is 1. The Kier molecular flexibility index (Phi) is 3.94. The molecule has 0 aliphatic heterocycles. The van der Waals surface area contributed by atoms with Crippen LogP contribution in [0, 0.1) is 9.39 Å². The molecule has 2 heterocycles. The quantitative estimate of drug-likeness (QED) is 0.511. The van der Waals surface area contributed by atoms with Gasteiger partial charge in [0.2, 0.25) is 0 Å². The lowest BCUT2D eigenvalue weighted by Crippen LogP contribution is -2.12. The van der Waals surface area contributed by atoms with Crippen molar-refractivity contribution in [3.63, 3.8) is 0 Å². The number of nitrogens with one attached hydrogen (secondary N) is 1. The molecule has 0 bridgehead atoms. The molecule has 112 valence electrons. The van der Waals surface area contributed by atoms with E-state index in [1.54, 1.807) is 34.9 Å². The molecule has 0 aliphatic rings. The number of nitrogens with two attached hydrogens (primary N) is 1. The summed E-state index contributed by atoms with van der Waals surface area (Å²) in [6, 6.07) is 8.02. The number of fused-ring (bicyclic) bond motifs is 1. The van der Waals surface area contributed by atoms with Gasteiger partial charge in [0, 0.05) is 9.77 Å². The molecule has 0 unspecified atom stereocenters. The predicted octanol–water partition coefficient (Wildman–Crippen LogP) is 2.85. The molecule has 0 radical (unpaired) electrons. The van der Waals surface area contributed by atoms with Crippen LogP contribution in [0.5, 0.6) is 0 Å². The first-order chi connectivity index (χ1) is 10.6. The van der Waals surface area contributed by atoms with E-state index in [9.17, 15) is 9.18 Å². The van der Waals surface area contributed by atoms with E-state index in [4.69, 9.17) is 5.90 Å². The van der Waals surface area contributed by atoms with Gasteiger partial charge in [0.25, 0.3) is 0 Å². The number of halogens is 2. The molecular formula is C14H10FIN4O2. The van der Waals surface area contributed by atoms with Crippen LogP contribution >= 0.6 is 22.6 Å². The Bertz CT molecular complexity index is 865. The summed E-state index contributed by atoms with van der Waals surface area (Å²) in [5, 5.41) is 2.89. The summed E-state index contributed by atoms with van der Waals surface area (Å²) in [5.41, 5.74) is 1.12. The van der Waals surface area contributed by atoms with Crippen LogP contribution in [0.25, 0.3) is 5.52 Å². The second kappa shape index (κ2) is 5.89. The first kappa shape index (κ1) is 14.7. The average Bonchev–Trinajstić information content (AvgIpc) is 2.88. The zero-order valence-corrected chi connectivity index (χ0v) is 13.2. The van der Waals surface area contributed by atoms with Crippen molar-refractivity contribution in [1.29, 1.82) is 0 Å². The van der Waals surface area contributed by atoms with E-state index in [1.165, 1.54) is 12.4 Å². The van der Waals surface area contributed by atoms with Crippen LogP contribution in [-0.4, -0.2) is 15.4 Å². The fourth-order valence-corrected chi connectivity index (χ4v) is 2.54. The highest BCUT2D eigenvalue weighted by Gasteiger charge is 2.19. The van der Waals surface area contributed by atoms with Crippen LogP contribution < -0.4 is 11.2 Å². The highest BCUT2D eigenvalue weighted by molar-refractivity contribution is 14.1. The molecule has 0 aliphatic carbocycles. The van der Waals surface area contributed by atoms with Crippen molar-refractivity contribution >= 4 is 45.6 Å². The minimum atomic E-state index is -0.725. The molecule has 2 aromatic heterocycles. The van der Waals surface area contributed by atoms with E-state index >= 15 is 0 Å². The predicted molar refractivity (Wildman–Crippen MR) is 87.2 cm³/mol. The molecule has 0 saturated heterocycles. The monoisotopic (exact) mass is 412 g/mol. The van der Waals surface area contributed by atoms with E-state index in [0.29, 0.717) is 11.3 Å². The molecule has 0 atom stereocenters. The zero-order chi connectivity index (χ0) is 15.7. The summed E-state index contributed by atoms with van der Waals surface area (Å²) in [6.07, 6.45) is 3.09. The van der Waals surface area contributed by atoms with Crippen molar-refractivity contribution in [2.45, 2.75) is 0 Å². The first-order valence-corrected chi connectivity index (χ1v) is 7.26. The highest BCUT2D eigenvalue weighted by atomic mass is 127. The molecule has 6 nitrogen and oxygen atoms in total. The maximum Gasteiger partial charge on any atom is 0.360 e. The molecule has 3 rings (SSSR count). The number of hydrogen-bond acceptors (Lipinski definition) is 5. The van der Waals surface area contributed by atoms with Gasteiger partial charge in [-0.1, -0.05) is 0 Å². The summed E-state index contributed by atoms with van der Waals surface area (Å²) >= 11 is 2.02. The van der Waals surface area contributed by atoms with Crippen molar-refractivity contribution in [2.24, 2.45) is 5.90 Å². The van der Waals surface area contributed by atoms with Gasteiger partial charge < -0.3 is 10.2 Å². The number of hydrogen-bond donors (Lipinski definition) is 2. The molecule has 0 fully saturated rings. The Morgan fingerprint density at radius 1 is 1.36 bits per heavy atom. The van der Waals surface area contributed by atoms with Gasteiger partial charge in [-0.25, -0.2) is 14.2 Å². The largest absolute Gasteiger partial charge is 0.370 e. The molecule has 8 heteroatoms. The van der Waals surface area contributed by atoms with E-state index < -0.39 is 11.8 Å². The molecule has 0 spiro atoms. The van der Waals surface area contributed by atoms with E-state index in [1.807, 2.05) is 22.6 Å². The second-order valence-corrected chi connectivity index (χ2v) is 5.68. The molecule has 1 aromatic carbocycles. The molecule has 0 saturated carbocycles. The summed E-state index contributed by atoms with van der Waals surface area (Å²) in [7, 11) is 0. The molecule has 3 aromatic rings. The van der Waals surface area contributed by atoms with Gasteiger partial charge in [-0.05, 0) is 52.9 Å². The zero-order valence-electron chi connectivity index (χ0n) is 11.1. The van der Waals surface area contributed by atoms with Gasteiger partial charge >= 0.3 is 5.97 Å². The summed E-state index contributed by atoms with van der Waals surface area (Å²) in [5.74, 6) is 4.14. The van der Waals surface area contributed by atoms with Gasteiger partial charge in [0.05, 0.1) is 11.2 Å². The number of rotatable bonds is 3. The molecule has 0 amide bonds. The van der Waals surface area contributed by atoms with Crippen LogP contribution in [0.4, 0.5) is 15.9 Å². The minimum Gasteiger partial charge on any atom is -0.370 e. The van der Waals surface area contributed by atoms with Gasteiger partial charge in [-0.15, -0.1) is 0 Å². The highest BCUT2D eigenvalue weighted by Crippen LogP contribution is 2.27. The van der Waals surface area contributed by atoms with E-state index in [0.717, 1.165) is 3.57 Å². The van der Waals surface area contributed by atoms with Crippen LogP contribution in [-0.2, 0) is 4.84 Å². The summed E-state index contributed by atoms with van der Waals surface area (Å²) < 4.78 is 16.4. The second-order valence-electron chi connectivity index (χ2n) is 4.44. The SMILES string of the molecule is NOC(=O)c1cc2ccncn2c1Nc1ccc(I)cc1F. The van der Waals surface area contributed by atoms with Gasteiger partial charge in [0.1, 0.15) is 23.5 Å². The van der Waals surface area contributed by atoms with Crippen LogP contribution in [0.2, 0.25) is 0 Å². The van der Waals surface area contributed by atoms with E-state index in [-0.39, 0.29) is 11.3 Å². The number of carbonyl (C=O) groups excluding carboxylic acids is 1. The number of carbonyl (C=O) groups is 1. The topological polar surface area (TPSA) is 81.7 Å². The third kappa shape index (κ3) is 2.62. The van der Waals surface area contributed by atoms with Crippen LogP contribution in [0.15, 0.2) is 42.9 Å². The lowest BCUT2D eigenvalue weighted by molar-refractivity contribution is 0.0505.